The molecule has 0 heterocycles. The molecule has 0 spiro atoms. The van der Waals surface area contributed by atoms with Crippen LogP contribution in [0.2, 0.25) is 0 Å². The second kappa shape index (κ2) is 8.06. The lowest BCUT2D eigenvalue weighted by Gasteiger charge is -2.13. The molecule has 0 atom stereocenters. The Kier molecular flexibility index (Phi) is 5.58. The van der Waals surface area contributed by atoms with Crippen LogP contribution in [-0.2, 0) is 0 Å². The Hall–Kier alpha value is -2.79. The highest BCUT2D eigenvalue weighted by Crippen LogP contribution is 2.31. The fourth-order valence-electron chi connectivity index (χ4n) is 2.39. The van der Waals surface area contributed by atoms with Crippen molar-refractivity contribution in [3.63, 3.8) is 0 Å². The first-order valence-electron chi connectivity index (χ1n) is 8.05. The number of ether oxygens (including phenoxy) is 2. The van der Waals surface area contributed by atoms with E-state index in [-0.39, 0.29) is 5.91 Å². The third kappa shape index (κ3) is 4.24. The van der Waals surface area contributed by atoms with E-state index in [0.29, 0.717) is 33.0 Å². The largest absolute Gasteiger partial charge is 0.497 e. The zero-order valence-corrected chi connectivity index (χ0v) is 16.0. The molecule has 0 aliphatic rings. The number of rotatable bonds is 5. The van der Waals surface area contributed by atoms with Gasteiger partial charge in [0.25, 0.3) is 5.91 Å². The van der Waals surface area contributed by atoms with E-state index in [1.807, 2.05) is 49.4 Å². The molecule has 0 bridgehead atoms. The maximum absolute atomic E-state index is 12.7. The van der Waals surface area contributed by atoms with E-state index in [4.69, 9.17) is 9.47 Å². The summed E-state index contributed by atoms with van der Waals surface area (Å²) in [5.74, 6) is 1.64. The van der Waals surface area contributed by atoms with Crippen molar-refractivity contribution in [1.82, 2.24) is 0 Å². The summed E-state index contributed by atoms with van der Waals surface area (Å²) in [6, 6.07) is 20.3. The van der Waals surface area contributed by atoms with Gasteiger partial charge >= 0.3 is 0 Å². The van der Waals surface area contributed by atoms with Crippen molar-refractivity contribution in [2.24, 2.45) is 0 Å². The van der Waals surface area contributed by atoms with Gasteiger partial charge in [-0.15, -0.1) is 0 Å². The number of aryl methyl sites for hydroxylation is 1. The van der Waals surface area contributed by atoms with Gasteiger partial charge in [0.15, 0.2) is 5.75 Å². The number of nitrogens with one attached hydrogen (secondary N) is 1. The molecule has 3 aromatic rings. The van der Waals surface area contributed by atoms with Crippen molar-refractivity contribution < 1.29 is 14.3 Å². The van der Waals surface area contributed by atoms with Gasteiger partial charge in [-0.2, -0.15) is 0 Å². The fraction of sp³-hybridized carbons (Fsp3) is 0.0952. The molecule has 4 nitrogen and oxygen atoms in total. The van der Waals surface area contributed by atoms with Crippen molar-refractivity contribution in [2.45, 2.75) is 6.92 Å². The number of halogens is 1. The van der Waals surface area contributed by atoms with Gasteiger partial charge in [-0.3, -0.25) is 4.79 Å². The normalized spacial score (nSPS) is 10.3. The van der Waals surface area contributed by atoms with E-state index in [2.05, 4.69) is 21.2 Å². The zero-order valence-electron chi connectivity index (χ0n) is 14.5. The number of methoxy groups -OCH3 is 1. The molecule has 0 saturated carbocycles. The van der Waals surface area contributed by atoms with Crippen molar-refractivity contribution in [1.29, 1.82) is 0 Å². The highest BCUT2D eigenvalue weighted by molar-refractivity contribution is 9.10. The standard InChI is InChI=1S/C21H18BrNO3/c1-14-7-9-15(10-8-14)26-20-6-4-3-5-19(20)23-21(24)17-13-16(25-2)11-12-18(17)22/h3-13H,1-2H3,(H,23,24). The number of carbonyl (C=O) groups is 1. The zero-order chi connectivity index (χ0) is 18.5. The first-order chi connectivity index (χ1) is 12.6. The molecular formula is C21H18BrNO3. The summed E-state index contributed by atoms with van der Waals surface area (Å²) in [6.07, 6.45) is 0. The molecule has 132 valence electrons. The van der Waals surface area contributed by atoms with E-state index in [9.17, 15) is 4.79 Å². The summed E-state index contributed by atoms with van der Waals surface area (Å²) in [7, 11) is 1.57. The Bertz CT molecular complexity index is 923. The summed E-state index contributed by atoms with van der Waals surface area (Å²) in [6.45, 7) is 2.02. The minimum absolute atomic E-state index is 0.254. The van der Waals surface area contributed by atoms with E-state index < -0.39 is 0 Å². The molecule has 0 fully saturated rings. The van der Waals surface area contributed by atoms with Gasteiger partial charge in [-0.25, -0.2) is 0 Å². The number of hydrogen-bond donors (Lipinski definition) is 1. The Morgan fingerprint density at radius 2 is 1.65 bits per heavy atom. The molecule has 0 aromatic heterocycles. The third-order valence-electron chi connectivity index (χ3n) is 3.80. The number of hydrogen-bond acceptors (Lipinski definition) is 3. The molecule has 1 amide bonds. The number of carbonyl (C=O) groups excluding carboxylic acids is 1. The number of benzene rings is 3. The van der Waals surface area contributed by atoms with E-state index in [1.54, 1.807) is 31.4 Å². The minimum Gasteiger partial charge on any atom is -0.497 e. The van der Waals surface area contributed by atoms with Gasteiger partial charge < -0.3 is 14.8 Å². The average molecular weight is 412 g/mol. The van der Waals surface area contributed by atoms with E-state index in [0.717, 1.165) is 5.56 Å². The second-order valence-electron chi connectivity index (χ2n) is 5.71. The van der Waals surface area contributed by atoms with Gasteiger partial charge in [-0.05, 0) is 65.3 Å². The Morgan fingerprint density at radius 3 is 2.38 bits per heavy atom. The Balaban J connectivity index is 1.84. The van der Waals surface area contributed by atoms with Gasteiger partial charge in [0.2, 0.25) is 0 Å². The lowest BCUT2D eigenvalue weighted by molar-refractivity contribution is 0.102. The first kappa shape index (κ1) is 18.0. The minimum atomic E-state index is -0.254. The van der Waals surface area contributed by atoms with Gasteiger partial charge in [0.05, 0.1) is 18.4 Å². The SMILES string of the molecule is COc1ccc(Br)c(C(=O)Nc2ccccc2Oc2ccc(C)cc2)c1. The van der Waals surface area contributed by atoms with Crippen LogP contribution in [0.15, 0.2) is 71.2 Å². The first-order valence-corrected chi connectivity index (χ1v) is 8.84. The molecule has 3 rings (SSSR count). The number of anilines is 1. The highest BCUT2D eigenvalue weighted by Gasteiger charge is 2.14. The van der Waals surface area contributed by atoms with Crippen LogP contribution >= 0.6 is 15.9 Å². The summed E-state index contributed by atoms with van der Waals surface area (Å²) in [5, 5.41) is 2.90. The maximum Gasteiger partial charge on any atom is 0.257 e. The quantitative estimate of drug-likeness (QED) is 0.575. The van der Waals surface area contributed by atoms with Crippen molar-refractivity contribution in [3.05, 3.63) is 82.3 Å². The fourth-order valence-corrected chi connectivity index (χ4v) is 2.81. The Morgan fingerprint density at radius 1 is 0.962 bits per heavy atom. The molecule has 0 aliphatic carbocycles. The van der Waals surface area contributed by atoms with Crippen LogP contribution in [-0.4, -0.2) is 13.0 Å². The highest BCUT2D eigenvalue weighted by atomic mass is 79.9. The van der Waals surface area contributed by atoms with E-state index >= 15 is 0 Å². The monoisotopic (exact) mass is 411 g/mol. The summed E-state index contributed by atoms with van der Waals surface area (Å²) in [5.41, 5.74) is 2.23. The number of amides is 1. The van der Waals surface area contributed by atoms with E-state index in [1.165, 1.54) is 0 Å². The van der Waals surface area contributed by atoms with Crippen molar-refractivity contribution >= 4 is 27.5 Å². The number of para-hydroxylation sites is 2. The molecule has 0 aliphatic heterocycles. The van der Waals surface area contributed by atoms with Crippen LogP contribution in [0.5, 0.6) is 17.2 Å². The van der Waals surface area contributed by atoms with Crippen LogP contribution in [0.1, 0.15) is 15.9 Å². The Labute approximate surface area is 160 Å². The van der Waals surface area contributed by atoms with Gasteiger partial charge in [0, 0.05) is 4.47 Å². The molecule has 3 aromatic carbocycles. The topological polar surface area (TPSA) is 47.6 Å². The predicted octanol–water partition coefficient (Wildman–Crippen LogP) is 5.81. The van der Waals surface area contributed by atoms with Crippen molar-refractivity contribution in [2.75, 3.05) is 12.4 Å². The lowest BCUT2D eigenvalue weighted by atomic mass is 10.2. The summed E-state index contributed by atoms with van der Waals surface area (Å²) in [4.78, 5) is 12.7. The molecule has 1 N–H and O–H groups in total. The lowest BCUT2D eigenvalue weighted by Crippen LogP contribution is -2.13. The van der Waals surface area contributed by atoms with Crippen LogP contribution in [0, 0.1) is 6.92 Å². The molecule has 26 heavy (non-hydrogen) atoms. The molecule has 0 unspecified atom stereocenters. The third-order valence-corrected chi connectivity index (χ3v) is 4.49. The predicted molar refractivity (Wildman–Crippen MR) is 106 cm³/mol. The molecular weight excluding hydrogens is 394 g/mol. The average Bonchev–Trinajstić information content (AvgIpc) is 2.65. The molecule has 5 heteroatoms. The molecule has 0 radical (unpaired) electrons. The van der Waals surface area contributed by atoms with Crippen LogP contribution < -0.4 is 14.8 Å². The van der Waals surface area contributed by atoms with Crippen LogP contribution in [0.4, 0.5) is 5.69 Å². The maximum atomic E-state index is 12.7. The second-order valence-corrected chi connectivity index (χ2v) is 6.57. The van der Waals surface area contributed by atoms with Gasteiger partial charge in [-0.1, -0.05) is 29.8 Å². The summed E-state index contributed by atoms with van der Waals surface area (Å²) < 4.78 is 11.8. The smallest absolute Gasteiger partial charge is 0.257 e. The van der Waals surface area contributed by atoms with Crippen molar-refractivity contribution in [3.8, 4) is 17.2 Å². The summed E-state index contributed by atoms with van der Waals surface area (Å²) >= 11 is 3.41. The van der Waals surface area contributed by atoms with Gasteiger partial charge in [0.1, 0.15) is 11.5 Å². The van der Waals surface area contributed by atoms with Crippen LogP contribution in [0.25, 0.3) is 0 Å². The molecule has 0 saturated heterocycles. The van der Waals surface area contributed by atoms with Crippen LogP contribution in [0.3, 0.4) is 0 Å².